The highest BCUT2D eigenvalue weighted by molar-refractivity contribution is 7.47. The Hall–Kier alpha value is -2.30. The lowest BCUT2D eigenvalue weighted by Gasteiger charge is -2.21. The Labute approximate surface area is 350 Å². The van der Waals surface area contributed by atoms with E-state index in [0.29, 0.717) is 12.8 Å². The van der Waals surface area contributed by atoms with Crippen molar-refractivity contribution in [2.75, 3.05) is 26.4 Å². The molecule has 6 atom stereocenters. The first-order valence-electron chi connectivity index (χ1n) is 20.7. The van der Waals surface area contributed by atoms with E-state index < -0.39 is 84.5 Å². The second-order valence-electron chi connectivity index (χ2n) is 14.6. The number of phosphoric ester groups is 2. The van der Waals surface area contributed by atoms with E-state index in [0.717, 1.165) is 38.0 Å². The fourth-order valence-electron chi connectivity index (χ4n) is 5.17. The summed E-state index contributed by atoms with van der Waals surface area (Å²) in [6.45, 7) is 3.41. The Morgan fingerprint density at radius 2 is 1.15 bits per heavy atom. The topological polar surface area (TPSA) is 256 Å². The molecule has 0 amide bonds. The number of aliphatic hydroxyl groups is 4. The fraction of sp³-hybridized carbons (Fsp3) is 0.707. The van der Waals surface area contributed by atoms with E-state index in [1.165, 1.54) is 38.2 Å². The highest BCUT2D eigenvalue weighted by atomic mass is 31.2. The van der Waals surface area contributed by atoms with E-state index in [2.05, 4.69) is 22.9 Å². The van der Waals surface area contributed by atoms with Gasteiger partial charge in [0, 0.05) is 12.8 Å². The van der Waals surface area contributed by atoms with Crippen molar-refractivity contribution >= 4 is 27.6 Å². The molecule has 18 heteroatoms. The number of ether oxygens (including phenoxy) is 2. The monoisotopic (exact) mass is 882 g/mol. The van der Waals surface area contributed by atoms with Crippen LogP contribution in [0.25, 0.3) is 0 Å². The number of hydrogen-bond donors (Lipinski definition) is 7. The maximum atomic E-state index is 12.7. The maximum Gasteiger partial charge on any atom is 0.472 e. The smallest absolute Gasteiger partial charge is 0.462 e. The van der Waals surface area contributed by atoms with Gasteiger partial charge in [-0.15, -0.1) is 0 Å². The van der Waals surface area contributed by atoms with E-state index in [9.17, 15) is 44.0 Å². The Bertz CT molecular complexity index is 1340. The second kappa shape index (κ2) is 35.3. The van der Waals surface area contributed by atoms with E-state index in [-0.39, 0.29) is 25.7 Å². The van der Waals surface area contributed by atoms with Gasteiger partial charge in [0.25, 0.3) is 0 Å². The number of carbonyl (C=O) groups excluding carboxylic acids is 2. The van der Waals surface area contributed by atoms with Gasteiger partial charge in [-0.3, -0.25) is 23.2 Å². The van der Waals surface area contributed by atoms with E-state index in [4.69, 9.17) is 23.8 Å². The molecule has 0 saturated carbocycles. The Morgan fingerprint density at radius 3 is 1.76 bits per heavy atom. The molecule has 0 radical (unpaired) electrons. The molecule has 0 heterocycles. The van der Waals surface area contributed by atoms with Crippen molar-refractivity contribution in [3.8, 4) is 0 Å². The van der Waals surface area contributed by atoms with Crippen molar-refractivity contribution in [2.24, 2.45) is 5.92 Å². The van der Waals surface area contributed by atoms with Crippen molar-refractivity contribution in [3.05, 3.63) is 60.8 Å². The van der Waals surface area contributed by atoms with Gasteiger partial charge in [-0.25, -0.2) is 9.13 Å². The lowest BCUT2D eigenvalue weighted by molar-refractivity contribution is -0.161. The minimum absolute atomic E-state index is 0.0208. The molecule has 7 N–H and O–H groups in total. The number of allylic oxidation sites excluding steroid dienone is 7. The molecular formula is C41H72O16P2. The van der Waals surface area contributed by atoms with Crippen molar-refractivity contribution in [3.63, 3.8) is 0 Å². The molecule has 59 heavy (non-hydrogen) atoms. The predicted molar refractivity (Wildman–Crippen MR) is 225 cm³/mol. The predicted octanol–water partition coefficient (Wildman–Crippen LogP) is 6.83. The van der Waals surface area contributed by atoms with Crippen molar-refractivity contribution < 1.29 is 76.9 Å². The average Bonchev–Trinajstić information content (AvgIpc) is 3.16. The van der Waals surface area contributed by atoms with Gasteiger partial charge < -0.3 is 44.6 Å². The summed E-state index contributed by atoms with van der Waals surface area (Å²) < 4.78 is 47.4. The molecule has 0 bridgehead atoms. The average molecular weight is 883 g/mol. The Morgan fingerprint density at radius 1 is 0.610 bits per heavy atom. The first-order chi connectivity index (χ1) is 27.9. The van der Waals surface area contributed by atoms with Crippen molar-refractivity contribution in [1.82, 2.24) is 0 Å². The summed E-state index contributed by atoms with van der Waals surface area (Å²) >= 11 is 0. The zero-order chi connectivity index (χ0) is 44.4. The van der Waals surface area contributed by atoms with E-state index in [1.54, 1.807) is 42.5 Å². The number of hydrogen-bond acceptors (Lipinski definition) is 13. The third-order valence-corrected chi connectivity index (χ3v) is 9.87. The zero-order valence-corrected chi connectivity index (χ0v) is 36.9. The summed E-state index contributed by atoms with van der Waals surface area (Å²) in [6.07, 6.45) is 23.3. The van der Waals surface area contributed by atoms with Crippen LogP contribution in [0.4, 0.5) is 0 Å². The van der Waals surface area contributed by atoms with Crippen LogP contribution in [0.3, 0.4) is 0 Å². The quantitative estimate of drug-likeness (QED) is 0.0111. The molecule has 342 valence electrons. The maximum absolute atomic E-state index is 12.7. The zero-order valence-electron chi connectivity index (χ0n) is 35.1. The van der Waals surface area contributed by atoms with Gasteiger partial charge in [0.15, 0.2) is 6.10 Å². The first-order valence-corrected chi connectivity index (χ1v) is 23.7. The van der Waals surface area contributed by atoms with Gasteiger partial charge >= 0.3 is 27.6 Å². The summed E-state index contributed by atoms with van der Waals surface area (Å²) in [5.74, 6) is -0.634. The molecule has 0 aliphatic carbocycles. The van der Waals surface area contributed by atoms with Crippen LogP contribution in [-0.4, -0.2) is 104 Å². The minimum Gasteiger partial charge on any atom is -0.462 e. The van der Waals surface area contributed by atoms with Crippen LogP contribution in [0.1, 0.15) is 124 Å². The van der Waals surface area contributed by atoms with Crippen molar-refractivity contribution in [1.29, 1.82) is 0 Å². The van der Waals surface area contributed by atoms with Gasteiger partial charge in [-0.2, -0.15) is 0 Å². The van der Waals surface area contributed by atoms with E-state index >= 15 is 0 Å². The summed E-state index contributed by atoms with van der Waals surface area (Å²) in [5.41, 5.74) is 0. The largest absolute Gasteiger partial charge is 0.472 e. The van der Waals surface area contributed by atoms with Gasteiger partial charge in [0.05, 0.1) is 38.1 Å². The summed E-state index contributed by atoms with van der Waals surface area (Å²) in [7, 11) is -9.81. The molecule has 0 aromatic heterocycles. The van der Waals surface area contributed by atoms with Crippen LogP contribution in [0.15, 0.2) is 60.8 Å². The molecule has 0 aliphatic rings. The van der Waals surface area contributed by atoms with Crippen LogP contribution in [0.5, 0.6) is 0 Å². The SMILES string of the molecule is CC/C=C\C[C@H](O)/C=C/C=C/C=C\C=C/[C@@H](O)[C@H](O)CCCC(=O)O[C@H](COC(=O)CCCCCCCCCCCC(C)C)COP(=O)(O)OC[C@@H](O)COP(=O)(O)O. The number of carbonyl (C=O) groups is 2. The minimum atomic E-state index is -4.91. The van der Waals surface area contributed by atoms with Gasteiger partial charge in [0.1, 0.15) is 12.7 Å². The van der Waals surface area contributed by atoms with E-state index in [1.807, 2.05) is 19.1 Å². The van der Waals surface area contributed by atoms with Crippen LogP contribution in [-0.2, 0) is 41.8 Å². The number of aliphatic hydroxyl groups excluding tert-OH is 4. The lowest BCUT2D eigenvalue weighted by atomic mass is 10.0. The molecule has 0 spiro atoms. The first kappa shape index (κ1) is 56.7. The van der Waals surface area contributed by atoms with Crippen LogP contribution in [0.2, 0.25) is 0 Å². The number of phosphoric acid groups is 2. The number of rotatable bonds is 37. The number of unbranched alkanes of at least 4 members (excludes halogenated alkanes) is 8. The van der Waals surface area contributed by atoms with Gasteiger partial charge in [-0.05, 0) is 38.0 Å². The lowest BCUT2D eigenvalue weighted by Crippen LogP contribution is -2.30. The molecular weight excluding hydrogens is 810 g/mol. The van der Waals surface area contributed by atoms with Gasteiger partial charge in [-0.1, -0.05) is 139 Å². The third-order valence-electron chi connectivity index (χ3n) is 8.43. The normalized spacial score (nSPS) is 16.4. The van der Waals surface area contributed by atoms with Crippen LogP contribution in [0, 0.1) is 5.92 Å². The molecule has 1 unspecified atom stereocenters. The molecule has 0 aliphatic heterocycles. The summed E-state index contributed by atoms with van der Waals surface area (Å²) in [4.78, 5) is 52.6. The molecule has 16 nitrogen and oxygen atoms in total. The highest BCUT2D eigenvalue weighted by Crippen LogP contribution is 2.43. The standard InChI is InChI=1S/C41H72O16P2/c1-4-5-17-24-35(42)25-19-14-11-12-15-20-26-38(44)39(45)27-22-29-41(47)57-37(33-56-59(51,52)55-31-36(43)30-54-58(48,49)50)32-53-40(46)28-21-16-10-8-6-7-9-13-18-23-34(2)3/h5,11-12,14-15,17,19-20,25-26,34-39,42-45H,4,6-10,13,16,18,21-24,27-33H2,1-3H3,(H,51,52)(H2,48,49,50)/b14-11+,15-12-,17-5-,25-19+,26-20-/t35-,36-,37+,38+,39+/m0/s1. The molecule has 0 rings (SSSR count). The van der Waals surface area contributed by atoms with Crippen LogP contribution >= 0.6 is 15.6 Å². The molecule has 0 aromatic rings. The van der Waals surface area contributed by atoms with Gasteiger partial charge in [0.2, 0.25) is 0 Å². The third kappa shape index (κ3) is 38.4. The summed E-state index contributed by atoms with van der Waals surface area (Å²) in [6, 6.07) is 0. The van der Waals surface area contributed by atoms with Crippen molar-refractivity contribution in [2.45, 2.75) is 154 Å². The second-order valence-corrected chi connectivity index (χ2v) is 17.3. The molecule has 0 aromatic carbocycles. The number of esters is 2. The fourth-order valence-corrected chi connectivity index (χ4v) is 6.32. The Kier molecular flexibility index (Phi) is 33.9. The summed E-state index contributed by atoms with van der Waals surface area (Å²) in [5, 5.41) is 40.2. The Balaban J connectivity index is 4.91. The molecule has 0 saturated heterocycles. The van der Waals surface area contributed by atoms with Crippen LogP contribution < -0.4 is 0 Å². The highest BCUT2D eigenvalue weighted by Gasteiger charge is 2.28. The molecule has 0 fully saturated rings.